The van der Waals surface area contributed by atoms with E-state index >= 15 is 0 Å². The minimum absolute atomic E-state index is 0.308. The van der Waals surface area contributed by atoms with Gasteiger partial charge in [0, 0.05) is 12.6 Å². The van der Waals surface area contributed by atoms with Crippen LogP contribution in [0.2, 0.25) is 0 Å². The van der Waals surface area contributed by atoms with Gasteiger partial charge in [-0.1, -0.05) is 49.6 Å². The summed E-state index contributed by atoms with van der Waals surface area (Å²) in [5.74, 6) is 0. The first kappa shape index (κ1) is 12.6. The van der Waals surface area contributed by atoms with Crippen LogP contribution in [0.5, 0.6) is 0 Å². The van der Waals surface area contributed by atoms with Gasteiger partial charge in [-0.15, -0.1) is 0 Å². The molecular formula is C15H23NO. The summed E-state index contributed by atoms with van der Waals surface area (Å²) in [7, 11) is 0. The van der Waals surface area contributed by atoms with Gasteiger partial charge in [0.25, 0.3) is 0 Å². The van der Waals surface area contributed by atoms with Crippen molar-refractivity contribution in [2.24, 2.45) is 0 Å². The Balaban J connectivity index is 1.85. The Hall–Kier alpha value is -0.860. The first-order valence-corrected chi connectivity index (χ1v) is 6.70. The highest BCUT2D eigenvalue weighted by Gasteiger charge is 2.29. The lowest BCUT2D eigenvalue weighted by Gasteiger charge is -2.33. The van der Waals surface area contributed by atoms with Gasteiger partial charge in [-0.05, 0) is 25.3 Å². The fourth-order valence-corrected chi connectivity index (χ4v) is 2.59. The maximum Gasteiger partial charge on any atom is 0.0771 e. The SMILES string of the molecule is C[C@@H](NCC1(O)CCCCC1)c1ccccc1. The minimum atomic E-state index is -0.471. The lowest BCUT2D eigenvalue weighted by Crippen LogP contribution is -2.42. The molecule has 1 atom stereocenters. The van der Waals surface area contributed by atoms with Crippen molar-refractivity contribution in [3.05, 3.63) is 35.9 Å². The topological polar surface area (TPSA) is 32.3 Å². The van der Waals surface area contributed by atoms with Crippen LogP contribution in [0.15, 0.2) is 30.3 Å². The van der Waals surface area contributed by atoms with Gasteiger partial charge >= 0.3 is 0 Å². The number of hydrogen-bond donors (Lipinski definition) is 2. The smallest absolute Gasteiger partial charge is 0.0771 e. The summed E-state index contributed by atoms with van der Waals surface area (Å²) in [4.78, 5) is 0. The van der Waals surface area contributed by atoms with Gasteiger partial charge in [0.2, 0.25) is 0 Å². The summed E-state index contributed by atoms with van der Waals surface area (Å²) >= 11 is 0. The molecule has 0 saturated heterocycles. The van der Waals surface area contributed by atoms with Crippen molar-refractivity contribution in [2.45, 2.75) is 50.7 Å². The predicted octanol–water partition coefficient (Wildman–Crippen LogP) is 3.03. The Labute approximate surface area is 104 Å². The van der Waals surface area contributed by atoms with E-state index in [1.165, 1.54) is 12.0 Å². The second-order valence-electron chi connectivity index (χ2n) is 5.30. The average molecular weight is 233 g/mol. The second-order valence-corrected chi connectivity index (χ2v) is 5.30. The molecule has 0 unspecified atom stereocenters. The maximum absolute atomic E-state index is 10.4. The zero-order valence-electron chi connectivity index (χ0n) is 10.7. The fourth-order valence-electron chi connectivity index (χ4n) is 2.59. The molecule has 2 N–H and O–H groups in total. The van der Waals surface area contributed by atoms with E-state index in [-0.39, 0.29) is 0 Å². The summed E-state index contributed by atoms with van der Waals surface area (Å²) in [6.45, 7) is 2.87. The summed E-state index contributed by atoms with van der Waals surface area (Å²) in [5.41, 5.74) is 0.813. The number of hydrogen-bond acceptors (Lipinski definition) is 2. The van der Waals surface area contributed by atoms with Gasteiger partial charge in [-0.2, -0.15) is 0 Å². The number of aliphatic hydroxyl groups is 1. The van der Waals surface area contributed by atoms with Crippen LogP contribution in [0, 0.1) is 0 Å². The molecule has 0 aromatic heterocycles. The van der Waals surface area contributed by atoms with Crippen LogP contribution in [0.1, 0.15) is 50.6 Å². The van der Waals surface area contributed by atoms with E-state index in [0.29, 0.717) is 12.6 Å². The zero-order chi connectivity index (χ0) is 12.1. The molecule has 2 nitrogen and oxygen atoms in total. The molecule has 0 heterocycles. The molecule has 0 radical (unpaired) electrons. The monoisotopic (exact) mass is 233 g/mol. The number of rotatable bonds is 4. The molecule has 2 heteroatoms. The number of benzene rings is 1. The van der Waals surface area contributed by atoms with E-state index in [0.717, 1.165) is 25.7 Å². The molecule has 1 saturated carbocycles. The second kappa shape index (κ2) is 5.65. The van der Waals surface area contributed by atoms with E-state index in [4.69, 9.17) is 0 Å². The van der Waals surface area contributed by atoms with Crippen molar-refractivity contribution >= 4 is 0 Å². The van der Waals surface area contributed by atoms with Crippen LogP contribution in [-0.4, -0.2) is 17.3 Å². The molecule has 17 heavy (non-hydrogen) atoms. The van der Waals surface area contributed by atoms with E-state index in [2.05, 4.69) is 36.5 Å². The normalized spacial score (nSPS) is 21.1. The van der Waals surface area contributed by atoms with Crippen molar-refractivity contribution in [1.29, 1.82) is 0 Å². The van der Waals surface area contributed by atoms with Gasteiger partial charge < -0.3 is 10.4 Å². The minimum Gasteiger partial charge on any atom is -0.389 e. The van der Waals surface area contributed by atoms with Crippen molar-refractivity contribution in [3.8, 4) is 0 Å². The van der Waals surface area contributed by atoms with Crippen LogP contribution >= 0.6 is 0 Å². The van der Waals surface area contributed by atoms with Gasteiger partial charge in [0.05, 0.1) is 5.60 Å². The van der Waals surface area contributed by atoms with Crippen LogP contribution in [0.3, 0.4) is 0 Å². The highest BCUT2D eigenvalue weighted by Crippen LogP contribution is 2.28. The predicted molar refractivity (Wildman–Crippen MR) is 70.9 cm³/mol. The van der Waals surface area contributed by atoms with E-state index in [1.807, 2.05) is 6.07 Å². The molecule has 1 fully saturated rings. The Morgan fingerprint density at radius 1 is 1.18 bits per heavy atom. The van der Waals surface area contributed by atoms with Crippen molar-refractivity contribution < 1.29 is 5.11 Å². The van der Waals surface area contributed by atoms with Crippen LogP contribution in [0.4, 0.5) is 0 Å². The zero-order valence-corrected chi connectivity index (χ0v) is 10.7. The van der Waals surface area contributed by atoms with Gasteiger partial charge in [-0.3, -0.25) is 0 Å². The van der Waals surface area contributed by atoms with Crippen molar-refractivity contribution in [2.75, 3.05) is 6.54 Å². The maximum atomic E-state index is 10.4. The standard InChI is InChI=1S/C15H23NO/c1-13(14-8-4-2-5-9-14)16-12-15(17)10-6-3-7-11-15/h2,4-5,8-9,13,16-17H,3,6-7,10-12H2,1H3/t13-/m1/s1. The molecule has 2 rings (SSSR count). The Bertz CT molecular complexity index is 330. The summed E-state index contributed by atoms with van der Waals surface area (Å²) in [6, 6.07) is 10.7. The summed E-state index contributed by atoms with van der Waals surface area (Å²) in [5, 5.41) is 13.9. The third-order valence-electron chi connectivity index (χ3n) is 3.82. The molecule has 1 aliphatic carbocycles. The average Bonchev–Trinajstić information content (AvgIpc) is 2.38. The fraction of sp³-hybridized carbons (Fsp3) is 0.600. The first-order valence-electron chi connectivity index (χ1n) is 6.70. The van der Waals surface area contributed by atoms with Crippen molar-refractivity contribution in [1.82, 2.24) is 5.32 Å². The van der Waals surface area contributed by atoms with E-state index in [1.54, 1.807) is 0 Å². The Kier molecular flexibility index (Phi) is 4.19. The van der Waals surface area contributed by atoms with Crippen LogP contribution in [0.25, 0.3) is 0 Å². The lowest BCUT2D eigenvalue weighted by molar-refractivity contribution is 0.00300. The Morgan fingerprint density at radius 2 is 1.82 bits per heavy atom. The molecule has 94 valence electrons. The van der Waals surface area contributed by atoms with E-state index in [9.17, 15) is 5.11 Å². The molecule has 0 spiro atoms. The van der Waals surface area contributed by atoms with Crippen LogP contribution < -0.4 is 5.32 Å². The summed E-state index contributed by atoms with van der Waals surface area (Å²) < 4.78 is 0. The largest absolute Gasteiger partial charge is 0.389 e. The molecular weight excluding hydrogens is 210 g/mol. The van der Waals surface area contributed by atoms with Crippen molar-refractivity contribution in [3.63, 3.8) is 0 Å². The number of nitrogens with one attached hydrogen (secondary N) is 1. The van der Waals surface area contributed by atoms with Gasteiger partial charge in [-0.25, -0.2) is 0 Å². The molecule has 1 aromatic rings. The van der Waals surface area contributed by atoms with Gasteiger partial charge in [0.1, 0.15) is 0 Å². The van der Waals surface area contributed by atoms with Crippen LogP contribution in [-0.2, 0) is 0 Å². The quantitative estimate of drug-likeness (QED) is 0.838. The summed E-state index contributed by atoms with van der Waals surface area (Å²) in [6.07, 6.45) is 5.50. The highest BCUT2D eigenvalue weighted by molar-refractivity contribution is 5.18. The molecule has 0 amide bonds. The van der Waals surface area contributed by atoms with Gasteiger partial charge in [0.15, 0.2) is 0 Å². The highest BCUT2D eigenvalue weighted by atomic mass is 16.3. The third kappa shape index (κ3) is 3.55. The third-order valence-corrected chi connectivity index (χ3v) is 3.82. The first-order chi connectivity index (χ1) is 8.20. The molecule has 0 aliphatic heterocycles. The molecule has 1 aliphatic rings. The van der Waals surface area contributed by atoms with E-state index < -0.39 is 5.60 Å². The molecule has 1 aromatic carbocycles. The lowest BCUT2D eigenvalue weighted by atomic mass is 9.84. The Morgan fingerprint density at radius 3 is 2.47 bits per heavy atom. The molecule has 0 bridgehead atoms.